The van der Waals surface area contributed by atoms with Gasteiger partial charge in [0.05, 0.1) is 5.92 Å². The molecule has 28 heavy (non-hydrogen) atoms. The molecule has 1 aliphatic rings. The van der Waals surface area contributed by atoms with Crippen molar-refractivity contribution in [3.05, 3.63) is 71.5 Å². The monoisotopic (exact) mass is 374 g/mol. The van der Waals surface area contributed by atoms with Gasteiger partial charge in [0, 0.05) is 30.7 Å². The molecule has 4 rings (SSSR count). The maximum Gasteiger partial charge on any atom is 0.522 e. The lowest BCUT2D eigenvalue weighted by Gasteiger charge is -2.17. The van der Waals surface area contributed by atoms with E-state index in [1.165, 1.54) is 0 Å². The second-order valence-corrected chi connectivity index (χ2v) is 7.32. The zero-order valence-corrected chi connectivity index (χ0v) is 15.7. The Morgan fingerprint density at radius 2 is 2.11 bits per heavy atom. The highest BCUT2D eigenvalue weighted by atomic mass is 16.5. The molecule has 0 fully saturated rings. The first-order valence-corrected chi connectivity index (χ1v) is 9.67. The third-order valence-electron chi connectivity index (χ3n) is 5.36. The minimum Gasteiger partial charge on any atom is -0.536 e. The average molecular weight is 374 g/mol. The van der Waals surface area contributed by atoms with E-state index in [-0.39, 0.29) is 12.3 Å². The summed E-state index contributed by atoms with van der Waals surface area (Å²) < 4.78 is 5.64. The van der Waals surface area contributed by atoms with Crippen LogP contribution >= 0.6 is 0 Å². The molecule has 2 aromatic carbocycles. The molecule has 3 N–H and O–H groups in total. The first-order chi connectivity index (χ1) is 13.6. The fraction of sp³-hybridized carbons (Fsp3) is 0.273. The largest absolute Gasteiger partial charge is 0.536 e. The highest BCUT2D eigenvalue weighted by molar-refractivity contribution is 6.43. The van der Waals surface area contributed by atoms with Gasteiger partial charge in [-0.05, 0) is 53.4 Å². The summed E-state index contributed by atoms with van der Waals surface area (Å²) >= 11 is 0. The maximum atomic E-state index is 13.0. The lowest BCUT2D eigenvalue weighted by atomic mass is 9.84. The molecule has 142 valence electrons. The Hall–Kier alpha value is -2.70. The number of Topliss-reactive ketones (excluding diaryl/α,β-unsaturated/α-hetero) is 1. The van der Waals surface area contributed by atoms with Crippen LogP contribution in [0.2, 0.25) is 6.32 Å². The van der Waals surface area contributed by atoms with Crippen LogP contribution in [-0.2, 0) is 17.6 Å². The van der Waals surface area contributed by atoms with E-state index in [1.54, 1.807) is 6.20 Å². The lowest BCUT2D eigenvalue weighted by Crippen LogP contribution is -2.24. The highest BCUT2D eigenvalue weighted by Gasteiger charge is 2.24. The number of rotatable bonds is 5. The maximum absolute atomic E-state index is 13.0. The normalized spacial score (nSPS) is 14.9. The van der Waals surface area contributed by atoms with Gasteiger partial charge >= 0.3 is 7.12 Å². The minimum atomic E-state index is -0.796. The average Bonchev–Trinajstić information content (AvgIpc) is 2.88. The van der Waals surface area contributed by atoms with Gasteiger partial charge in [-0.15, -0.1) is 0 Å². The fourth-order valence-corrected chi connectivity index (χ4v) is 3.80. The van der Waals surface area contributed by atoms with E-state index in [9.17, 15) is 9.82 Å². The van der Waals surface area contributed by atoms with Crippen LogP contribution < -0.4 is 10.4 Å². The predicted octanol–water partition coefficient (Wildman–Crippen LogP) is 2.89. The van der Waals surface area contributed by atoms with Gasteiger partial charge in [-0.25, -0.2) is 0 Å². The Morgan fingerprint density at radius 1 is 1.21 bits per heavy atom. The number of aromatic nitrogens is 1. The summed E-state index contributed by atoms with van der Waals surface area (Å²) in [5, 5.41) is 12.0. The van der Waals surface area contributed by atoms with E-state index in [4.69, 9.17) is 10.4 Å². The Kier molecular flexibility index (Phi) is 5.41. The van der Waals surface area contributed by atoms with E-state index in [2.05, 4.69) is 4.98 Å². The summed E-state index contributed by atoms with van der Waals surface area (Å²) in [4.78, 5) is 17.1. The van der Waals surface area contributed by atoms with Gasteiger partial charge in [0.2, 0.25) is 0 Å². The smallest absolute Gasteiger partial charge is 0.522 e. The summed E-state index contributed by atoms with van der Waals surface area (Å²) in [6, 6.07) is 13.7. The molecule has 5 nitrogen and oxygen atoms in total. The van der Waals surface area contributed by atoms with Crippen LogP contribution in [0.15, 0.2) is 54.9 Å². The van der Waals surface area contributed by atoms with Gasteiger partial charge < -0.3 is 15.4 Å². The van der Waals surface area contributed by atoms with Crippen molar-refractivity contribution in [2.24, 2.45) is 5.73 Å². The molecular formula is C22H23BN2O3. The van der Waals surface area contributed by atoms with Crippen molar-refractivity contribution in [3.8, 4) is 5.75 Å². The molecule has 0 bridgehead atoms. The summed E-state index contributed by atoms with van der Waals surface area (Å²) in [5.41, 5.74) is 8.83. The molecule has 3 aromatic rings. The number of benzene rings is 2. The zero-order chi connectivity index (χ0) is 19.5. The molecule has 1 aliphatic heterocycles. The lowest BCUT2D eigenvalue weighted by molar-refractivity contribution is -0.119. The summed E-state index contributed by atoms with van der Waals surface area (Å²) in [6.45, 7) is 0.234. The summed E-state index contributed by atoms with van der Waals surface area (Å²) in [5.74, 6) is 0.333. The number of carbonyl (C=O) groups is 1. The third-order valence-corrected chi connectivity index (χ3v) is 5.36. The number of hydrogen-bond acceptors (Lipinski definition) is 5. The molecule has 0 saturated heterocycles. The van der Waals surface area contributed by atoms with Crippen molar-refractivity contribution < 1.29 is 14.5 Å². The van der Waals surface area contributed by atoms with Crippen LogP contribution in [0.4, 0.5) is 0 Å². The first kappa shape index (κ1) is 18.7. The van der Waals surface area contributed by atoms with Crippen LogP contribution in [0.5, 0.6) is 5.75 Å². The van der Waals surface area contributed by atoms with Gasteiger partial charge in [0.15, 0.2) is 0 Å². The Bertz CT molecular complexity index is 1010. The van der Waals surface area contributed by atoms with Gasteiger partial charge in [-0.1, -0.05) is 30.3 Å². The van der Waals surface area contributed by atoms with Gasteiger partial charge in [-0.3, -0.25) is 9.78 Å². The van der Waals surface area contributed by atoms with Gasteiger partial charge in [0.25, 0.3) is 0 Å². The minimum absolute atomic E-state index is 0.0741. The van der Waals surface area contributed by atoms with Gasteiger partial charge in [-0.2, -0.15) is 0 Å². The molecule has 1 atom stereocenters. The van der Waals surface area contributed by atoms with Crippen molar-refractivity contribution in [3.63, 3.8) is 0 Å². The SMILES string of the molecule is NC[C@@H](C(=O)Cc1ccc2cnccc2c1)c1ccc2c(c1)OB(O)CCC2. The Labute approximate surface area is 164 Å². The van der Waals surface area contributed by atoms with E-state index < -0.39 is 13.0 Å². The standard InChI is InChI=1S/C22H23BN2O3/c24-13-20(18-6-5-16-2-1-8-23(27)28-22(16)12-18)21(26)11-15-3-4-19-14-25-9-7-17(19)10-15/h3-7,9-10,12,14,20,27H,1-2,8,11,13,24H2/t20-/m1/s1. The van der Waals surface area contributed by atoms with Crippen LogP contribution in [0, 0.1) is 0 Å². The van der Waals surface area contributed by atoms with Crippen LogP contribution in [-0.4, -0.2) is 29.5 Å². The van der Waals surface area contributed by atoms with E-state index in [1.807, 2.05) is 48.7 Å². The number of carbonyl (C=O) groups excluding carboxylic acids is 1. The number of aryl methyl sites for hydroxylation is 1. The molecular weight excluding hydrogens is 351 g/mol. The first-order valence-electron chi connectivity index (χ1n) is 9.67. The molecule has 6 heteroatoms. The predicted molar refractivity (Wildman–Crippen MR) is 110 cm³/mol. The topological polar surface area (TPSA) is 85.4 Å². The van der Waals surface area contributed by atoms with Crippen LogP contribution in [0.1, 0.15) is 29.0 Å². The van der Waals surface area contributed by atoms with Crippen molar-refractivity contribution >= 4 is 23.7 Å². The molecule has 0 saturated carbocycles. The van der Waals surface area contributed by atoms with Crippen molar-refractivity contribution in [2.45, 2.75) is 31.5 Å². The van der Waals surface area contributed by atoms with E-state index >= 15 is 0 Å². The van der Waals surface area contributed by atoms with Crippen molar-refractivity contribution in [2.75, 3.05) is 6.54 Å². The second kappa shape index (κ2) is 8.13. The Morgan fingerprint density at radius 3 is 2.96 bits per heavy atom. The molecule has 0 aliphatic carbocycles. The zero-order valence-electron chi connectivity index (χ0n) is 15.7. The fourth-order valence-electron chi connectivity index (χ4n) is 3.80. The van der Waals surface area contributed by atoms with Gasteiger partial charge in [0.1, 0.15) is 11.5 Å². The molecule has 1 aromatic heterocycles. The third kappa shape index (κ3) is 3.93. The highest BCUT2D eigenvalue weighted by Crippen LogP contribution is 2.30. The van der Waals surface area contributed by atoms with E-state index in [0.29, 0.717) is 18.5 Å². The van der Waals surface area contributed by atoms with Crippen molar-refractivity contribution in [1.82, 2.24) is 4.98 Å². The molecule has 2 heterocycles. The summed E-state index contributed by atoms with van der Waals surface area (Å²) in [7, 11) is -0.796. The summed E-state index contributed by atoms with van der Waals surface area (Å²) in [6.07, 6.45) is 6.24. The molecule has 0 spiro atoms. The Balaban J connectivity index is 1.56. The number of fused-ring (bicyclic) bond motifs is 2. The van der Waals surface area contributed by atoms with E-state index in [0.717, 1.165) is 40.3 Å². The molecule has 0 radical (unpaired) electrons. The number of nitrogens with zero attached hydrogens (tertiary/aromatic N) is 1. The second-order valence-electron chi connectivity index (χ2n) is 7.32. The van der Waals surface area contributed by atoms with Crippen LogP contribution in [0.25, 0.3) is 10.8 Å². The molecule has 0 unspecified atom stereocenters. The number of ketones is 1. The molecule has 0 amide bonds. The number of nitrogens with two attached hydrogens (primary N) is 1. The number of hydrogen-bond donors (Lipinski definition) is 2. The van der Waals surface area contributed by atoms with Crippen LogP contribution in [0.3, 0.4) is 0 Å². The van der Waals surface area contributed by atoms with Crippen molar-refractivity contribution in [1.29, 1.82) is 0 Å². The number of pyridine rings is 1. The quantitative estimate of drug-likeness (QED) is 0.671.